The normalized spacial score (nSPS) is 33.7. The van der Waals surface area contributed by atoms with Crippen LogP contribution in [0.1, 0.15) is 59.3 Å². The molecule has 208 valence electrons. The average Bonchev–Trinajstić information content (AvgIpc) is 3.15. The maximum Gasteiger partial charge on any atom is 0.340 e. The second-order valence-electron chi connectivity index (χ2n) is 11.0. The molecule has 0 unspecified atom stereocenters. The fraction of sp³-hybridized carbons (Fsp3) is 0.643. The molecule has 1 aliphatic heterocycles. The number of methoxy groups -OCH3 is 1. The molecule has 4 aliphatic rings. The highest BCUT2D eigenvalue weighted by molar-refractivity contribution is 6.14. The van der Waals surface area contributed by atoms with Crippen LogP contribution in [0.15, 0.2) is 34.3 Å². The molecule has 10 nitrogen and oxygen atoms in total. The third-order valence-corrected chi connectivity index (χ3v) is 8.65. The molecule has 0 amide bonds. The van der Waals surface area contributed by atoms with E-state index in [2.05, 4.69) is 5.32 Å². The number of unbranched alkanes of at least 4 members (excludes halogenated alkanes) is 2. The van der Waals surface area contributed by atoms with Gasteiger partial charge in [-0.25, -0.2) is 4.79 Å². The predicted molar refractivity (Wildman–Crippen MR) is 135 cm³/mol. The first-order chi connectivity index (χ1) is 18.0. The van der Waals surface area contributed by atoms with E-state index in [9.17, 15) is 24.3 Å². The van der Waals surface area contributed by atoms with E-state index in [1.54, 1.807) is 13.8 Å². The number of carbonyl (C=O) groups is 4. The molecule has 10 heteroatoms. The maximum absolute atomic E-state index is 13.9. The van der Waals surface area contributed by atoms with Gasteiger partial charge in [-0.1, -0.05) is 6.92 Å². The number of Topliss-reactive ketones (excluding diaryl/α,β-unsaturated/α-hetero) is 2. The van der Waals surface area contributed by atoms with E-state index in [-0.39, 0.29) is 48.6 Å². The van der Waals surface area contributed by atoms with Crippen LogP contribution in [0.25, 0.3) is 0 Å². The third-order valence-electron chi connectivity index (χ3n) is 8.65. The van der Waals surface area contributed by atoms with Crippen LogP contribution in [0.3, 0.4) is 0 Å². The quantitative estimate of drug-likeness (QED) is 0.230. The van der Waals surface area contributed by atoms with Gasteiger partial charge in [0.2, 0.25) is 5.78 Å². The number of hydrogen-bond acceptors (Lipinski definition) is 10. The number of carbonyl (C=O) groups excluding carboxylic acids is 4. The summed E-state index contributed by atoms with van der Waals surface area (Å²) >= 11 is 0. The summed E-state index contributed by atoms with van der Waals surface area (Å²) in [6, 6.07) is 0. The van der Waals surface area contributed by atoms with E-state index in [1.807, 2.05) is 0 Å². The standard InChI is InChI=1S/C28H37NO9/c1-15(31)37-18-12-27(2)17(8-9-19(27)32)21-23(18)28(3)20(14-36-4)38-26(35)16(22(28)25(34)24(21)33)13-29-10-6-5-7-11-30/h13,17-18,20,29-30,34H,5-12,14H2,1-4H3/b16-13-/t17-,18+,20+,27-,28-/m0/s1. The number of esters is 2. The van der Waals surface area contributed by atoms with Crippen LogP contribution in [-0.4, -0.2) is 72.8 Å². The summed E-state index contributed by atoms with van der Waals surface area (Å²) in [7, 11) is 1.46. The van der Waals surface area contributed by atoms with Crippen molar-refractivity contribution in [3.8, 4) is 0 Å². The Morgan fingerprint density at radius 1 is 1.21 bits per heavy atom. The second-order valence-corrected chi connectivity index (χ2v) is 11.0. The zero-order valence-electron chi connectivity index (χ0n) is 22.4. The van der Waals surface area contributed by atoms with E-state index in [1.165, 1.54) is 20.2 Å². The van der Waals surface area contributed by atoms with E-state index in [0.29, 0.717) is 25.0 Å². The molecule has 0 bridgehead atoms. The van der Waals surface area contributed by atoms with Gasteiger partial charge in [0, 0.05) is 68.7 Å². The van der Waals surface area contributed by atoms with Gasteiger partial charge >= 0.3 is 11.9 Å². The van der Waals surface area contributed by atoms with Gasteiger partial charge in [-0.3, -0.25) is 14.4 Å². The summed E-state index contributed by atoms with van der Waals surface area (Å²) in [5.74, 6) is -2.97. The van der Waals surface area contributed by atoms with Crippen molar-refractivity contribution in [3.63, 3.8) is 0 Å². The third kappa shape index (κ3) is 4.37. The molecule has 0 radical (unpaired) electrons. The minimum atomic E-state index is -1.26. The van der Waals surface area contributed by atoms with E-state index < -0.39 is 52.4 Å². The monoisotopic (exact) mass is 531 g/mol. The van der Waals surface area contributed by atoms with Crippen LogP contribution in [0, 0.1) is 16.7 Å². The molecule has 2 fully saturated rings. The fourth-order valence-electron chi connectivity index (χ4n) is 6.79. The van der Waals surface area contributed by atoms with Crippen molar-refractivity contribution in [1.29, 1.82) is 0 Å². The molecular weight excluding hydrogens is 494 g/mol. The molecular formula is C28H37NO9. The number of aliphatic hydroxyl groups is 2. The largest absolute Gasteiger partial charge is 0.504 e. The molecule has 3 aliphatic carbocycles. The van der Waals surface area contributed by atoms with Crippen molar-refractivity contribution >= 4 is 23.5 Å². The molecule has 3 N–H and O–H groups in total. The van der Waals surface area contributed by atoms with Gasteiger partial charge in [-0.2, -0.15) is 0 Å². The summed E-state index contributed by atoms with van der Waals surface area (Å²) in [5, 5.41) is 23.5. The topological polar surface area (TPSA) is 148 Å². The molecule has 0 aromatic rings. The lowest BCUT2D eigenvalue weighted by molar-refractivity contribution is -0.160. The maximum atomic E-state index is 13.9. The van der Waals surface area contributed by atoms with Gasteiger partial charge in [0.05, 0.1) is 17.6 Å². The van der Waals surface area contributed by atoms with Crippen molar-refractivity contribution in [1.82, 2.24) is 5.32 Å². The Bertz CT molecular complexity index is 1140. The number of aliphatic hydroxyl groups excluding tert-OH is 2. The Hall–Kier alpha value is -2.98. The molecule has 1 heterocycles. The van der Waals surface area contributed by atoms with Crippen LogP contribution < -0.4 is 5.32 Å². The molecule has 0 aromatic carbocycles. The van der Waals surface area contributed by atoms with Gasteiger partial charge in [-0.15, -0.1) is 0 Å². The molecule has 0 aromatic heterocycles. The number of cyclic esters (lactones) is 1. The van der Waals surface area contributed by atoms with E-state index in [0.717, 1.165) is 12.8 Å². The lowest BCUT2D eigenvalue weighted by Crippen LogP contribution is -2.57. The van der Waals surface area contributed by atoms with Gasteiger partial charge in [0.25, 0.3) is 0 Å². The van der Waals surface area contributed by atoms with Gasteiger partial charge < -0.3 is 29.7 Å². The minimum absolute atomic E-state index is 0.00656. The number of fused-ring (bicyclic) bond motifs is 4. The first-order valence-corrected chi connectivity index (χ1v) is 13.2. The highest BCUT2D eigenvalue weighted by atomic mass is 16.6. The zero-order valence-corrected chi connectivity index (χ0v) is 22.4. The van der Waals surface area contributed by atoms with Gasteiger partial charge in [-0.05, 0) is 38.2 Å². The highest BCUT2D eigenvalue weighted by Gasteiger charge is 2.64. The van der Waals surface area contributed by atoms with Crippen LogP contribution in [0.5, 0.6) is 0 Å². The number of hydrogen-bond donors (Lipinski definition) is 3. The zero-order chi connectivity index (χ0) is 27.8. The number of allylic oxidation sites excluding steroid dienone is 1. The van der Waals surface area contributed by atoms with Crippen LogP contribution >= 0.6 is 0 Å². The molecule has 0 spiro atoms. The number of ketones is 2. The average molecular weight is 532 g/mol. The first-order valence-electron chi connectivity index (χ1n) is 13.2. The predicted octanol–water partition coefficient (Wildman–Crippen LogP) is 2.21. The molecule has 1 saturated carbocycles. The Morgan fingerprint density at radius 2 is 1.95 bits per heavy atom. The molecule has 5 atom stereocenters. The number of ether oxygens (including phenoxy) is 3. The van der Waals surface area contributed by atoms with Gasteiger partial charge in [0.1, 0.15) is 18.0 Å². The van der Waals surface area contributed by atoms with Crippen LogP contribution in [-0.2, 0) is 33.4 Å². The Morgan fingerprint density at radius 3 is 2.61 bits per heavy atom. The summed E-state index contributed by atoms with van der Waals surface area (Å²) < 4.78 is 17.0. The Labute approximate surface area is 222 Å². The minimum Gasteiger partial charge on any atom is -0.504 e. The highest BCUT2D eigenvalue weighted by Crippen LogP contribution is 2.62. The summed E-state index contributed by atoms with van der Waals surface area (Å²) in [5.41, 5.74) is -1.32. The SMILES string of the molecule is COC[C@H]1OC(=O)/C(=C\NCCCCCO)C2=C(O)C(=O)C3=C([C@H](OC(C)=O)C[C@]4(C)C(=O)CC[C@@H]34)[C@]21C. The number of nitrogens with one attached hydrogen (secondary N) is 1. The van der Waals surface area contributed by atoms with Gasteiger partial charge in [0.15, 0.2) is 5.76 Å². The smallest absolute Gasteiger partial charge is 0.340 e. The van der Waals surface area contributed by atoms with Crippen molar-refractivity contribution in [3.05, 3.63) is 34.3 Å². The van der Waals surface area contributed by atoms with E-state index >= 15 is 0 Å². The van der Waals surface area contributed by atoms with E-state index in [4.69, 9.17) is 19.3 Å². The fourth-order valence-corrected chi connectivity index (χ4v) is 6.79. The lowest BCUT2D eigenvalue weighted by Gasteiger charge is -2.53. The molecule has 1 saturated heterocycles. The van der Waals surface area contributed by atoms with Crippen LogP contribution in [0.2, 0.25) is 0 Å². The lowest BCUT2D eigenvalue weighted by atomic mass is 9.53. The second kappa shape index (κ2) is 10.6. The summed E-state index contributed by atoms with van der Waals surface area (Å²) in [6.07, 6.45) is 2.71. The van der Waals surface area contributed by atoms with Crippen molar-refractivity contribution in [2.24, 2.45) is 16.7 Å². The van der Waals surface area contributed by atoms with Crippen LogP contribution in [0.4, 0.5) is 0 Å². The van der Waals surface area contributed by atoms with Crippen molar-refractivity contribution in [2.75, 3.05) is 26.9 Å². The molecule has 38 heavy (non-hydrogen) atoms. The summed E-state index contributed by atoms with van der Waals surface area (Å²) in [6.45, 7) is 5.40. The molecule has 4 rings (SSSR count). The first kappa shape index (κ1) is 28.0. The Kier molecular flexibility index (Phi) is 7.86. The van der Waals surface area contributed by atoms with Crippen molar-refractivity contribution in [2.45, 2.75) is 71.5 Å². The number of rotatable bonds is 9. The van der Waals surface area contributed by atoms with Crippen molar-refractivity contribution < 1.29 is 43.6 Å². The Balaban J connectivity index is 1.87. The summed E-state index contributed by atoms with van der Waals surface area (Å²) in [4.78, 5) is 52.3.